The van der Waals surface area contributed by atoms with E-state index in [2.05, 4.69) is 19.2 Å². The zero-order valence-electron chi connectivity index (χ0n) is 15.8. The molecule has 2 spiro atoms. The van der Waals surface area contributed by atoms with Crippen molar-refractivity contribution in [2.24, 2.45) is 16.1 Å². The minimum atomic E-state index is -1.04. The maximum atomic E-state index is 13.5. The second-order valence-electron chi connectivity index (χ2n) is 7.57. The zero-order valence-corrected chi connectivity index (χ0v) is 15.8. The van der Waals surface area contributed by atoms with Crippen LogP contribution in [0.4, 0.5) is 0 Å². The van der Waals surface area contributed by atoms with Crippen molar-refractivity contribution in [3.05, 3.63) is 48.6 Å². The number of nitrogens with two attached hydrogens (primary N) is 1. The first-order valence-corrected chi connectivity index (χ1v) is 9.26. The Morgan fingerprint density at radius 1 is 1.38 bits per heavy atom. The Balaban J connectivity index is 2.16. The lowest BCUT2D eigenvalue weighted by Crippen LogP contribution is -2.56. The van der Waals surface area contributed by atoms with E-state index in [-0.39, 0.29) is 23.4 Å². The van der Waals surface area contributed by atoms with Crippen LogP contribution in [0, 0.1) is 5.41 Å². The lowest BCUT2D eigenvalue weighted by atomic mass is 9.56. The van der Waals surface area contributed by atoms with Gasteiger partial charge >= 0.3 is 0 Å². The highest BCUT2D eigenvalue weighted by Crippen LogP contribution is 2.56. The number of hydrogen-bond acceptors (Lipinski definition) is 4. The molecule has 2 aliphatic carbocycles. The van der Waals surface area contributed by atoms with Gasteiger partial charge < -0.3 is 10.5 Å². The van der Waals surface area contributed by atoms with Crippen molar-refractivity contribution in [3.63, 3.8) is 0 Å². The molecule has 5 heteroatoms. The highest BCUT2D eigenvalue weighted by molar-refractivity contribution is 6.09. The normalized spacial score (nSPS) is 38.4. The molecule has 0 radical (unpaired) electrons. The molecule has 1 saturated carbocycles. The van der Waals surface area contributed by atoms with E-state index in [0.29, 0.717) is 5.57 Å². The van der Waals surface area contributed by atoms with Crippen molar-refractivity contribution < 1.29 is 9.53 Å². The van der Waals surface area contributed by atoms with E-state index in [0.717, 1.165) is 44.1 Å². The summed E-state index contributed by atoms with van der Waals surface area (Å²) in [5.41, 5.74) is 6.41. The van der Waals surface area contributed by atoms with Crippen LogP contribution in [-0.4, -0.2) is 42.6 Å². The van der Waals surface area contributed by atoms with Crippen molar-refractivity contribution in [1.29, 1.82) is 0 Å². The molecule has 1 fully saturated rings. The molecule has 140 valence electrons. The highest BCUT2D eigenvalue weighted by Gasteiger charge is 2.62. The van der Waals surface area contributed by atoms with Crippen molar-refractivity contribution in [2.45, 2.75) is 50.2 Å². The number of guanidine groups is 1. The van der Waals surface area contributed by atoms with E-state index < -0.39 is 5.54 Å². The van der Waals surface area contributed by atoms with Crippen LogP contribution in [0.25, 0.3) is 0 Å². The molecule has 1 amide bonds. The Kier molecular flexibility index (Phi) is 4.93. The van der Waals surface area contributed by atoms with Gasteiger partial charge in [-0.05, 0) is 55.7 Å². The van der Waals surface area contributed by atoms with Crippen LogP contribution in [0.1, 0.15) is 38.5 Å². The number of nitrogens with zero attached hydrogens (tertiary/aromatic N) is 2. The first-order valence-electron chi connectivity index (χ1n) is 9.26. The first kappa shape index (κ1) is 18.6. The van der Waals surface area contributed by atoms with Crippen molar-refractivity contribution in [1.82, 2.24) is 4.90 Å². The predicted molar refractivity (Wildman–Crippen MR) is 105 cm³/mol. The number of fused-ring (bicyclic) bond motifs is 1. The molecule has 1 aliphatic heterocycles. The van der Waals surface area contributed by atoms with Crippen LogP contribution in [0.5, 0.6) is 0 Å². The summed E-state index contributed by atoms with van der Waals surface area (Å²) < 4.78 is 5.57. The maximum Gasteiger partial charge on any atom is 0.262 e. The Hall–Kier alpha value is -2.14. The number of aliphatic imine (C=N–C) groups is 1. The molecule has 1 heterocycles. The third-order valence-electron chi connectivity index (χ3n) is 6.37. The van der Waals surface area contributed by atoms with Gasteiger partial charge in [-0.1, -0.05) is 31.4 Å². The summed E-state index contributed by atoms with van der Waals surface area (Å²) in [7, 11) is 3.45. The number of allylic oxidation sites excluding steroid dienone is 4. The molecular weight excluding hydrogens is 326 g/mol. The third kappa shape index (κ3) is 2.65. The van der Waals surface area contributed by atoms with Gasteiger partial charge in [0.1, 0.15) is 0 Å². The number of likely N-dealkylation sites (N-methyl/N-ethyl adjacent to an activating group) is 1. The van der Waals surface area contributed by atoms with E-state index >= 15 is 0 Å². The molecule has 3 aliphatic rings. The molecule has 26 heavy (non-hydrogen) atoms. The molecule has 2 N–H and O–H groups in total. The summed E-state index contributed by atoms with van der Waals surface area (Å²) >= 11 is 0. The van der Waals surface area contributed by atoms with E-state index in [4.69, 9.17) is 15.5 Å². The molecule has 0 bridgehead atoms. The molecule has 0 saturated heterocycles. The van der Waals surface area contributed by atoms with Gasteiger partial charge in [-0.3, -0.25) is 9.69 Å². The lowest BCUT2D eigenvalue weighted by molar-refractivity contribution is -0.135. The van der Waals surface area contributed by atoms with Crippen LogP contribution in [0.15, 0.2) is 53.6 Å². The van der Waals surface area contributed by atoms with Gasteiger partial charge in [-0.15, -0.1) is 0 Å². The molecule has 0 aromatic carbocycles. The van der Waals surface area contributed by atoms with Crippen molar-refractivity contribution in [3.8, 4) is 0 Å². The largest absolute Gasteiger partial charge is 0.381 e. The number of amides is 1. The first-order chi connectivity index (χ1) is 12.4. The fourth-order valence-corrected chi connectivity index (χ4v) is 4.77. The molecular formula is C21H29N3O2. The second kappa shape index (κ2) is 6.88. The minimum Gasteiger partial charge on any atom is -0.381 e. The van der Waals surface area contributed by atoms with Gasteiger partial charge in [0, 0.05) is 19.6 Å². The number of hydrogen-bond donors (Lipinski definition) is 1. The second-order valence-corrected chi connectivity index (χ2v) is 7.57. The lowest BCUT2D eigenvalue weighted by Gasteiger charge is -2.49. The smallest absolute Gasteiger partial charge is 0.262 e. The average molecular weight is 355 g/mol. The van der Waals surface area contributed by atoms with Crippen LogP contribution in [0.2, 0.25) is 0 Å². The summed E-state index contributed by atoms with van der Waals surface area (Å²) in [4.78, 5) is 19.7. The fraction of sp³-hybridized carbons (Fsp3) is 0.524. The Bertz CT molecular complexity index is 711. The topological polar surface area (TPSA) is 67.9 Å². The summed E-state index contributed by atoms with van der Waals surface area (Å²) in [6.07, 6.45) is 13.5. The number of carbonyl (C=O) groups is 1. The van der Waals surface area contributed by atoms with Crippen LogP contribution in [0.3, 0.4) is 0 Å². The average Bonchev–Trinajstić information content (AvgIpc) is 2.91. The summed E-state index contributed by atoms with van der Waals surface area (Å²) in [5.74, 6) is 0.197. The predicted octanol–water partition coefficient (Wildman–Crippen LogP) is 3.11. The van der Waals surface area contributed by atoms with E-state index in [9.17, 15) is 4.79 Å². The Morgan fingerprint density at radius 3 is 2.62 bits per heavy atom. The summed E-state index contributed by atoms with van der Waals surface area (Å²) in [5, 5.41) is 0. The number of ether oxygens (including phenoxy) is 1. The van der Waals surface area contributed by atoms with Crippen LogP contribution < -0.4 is 5.73 Å². The number of methoxy groups -OCH3 is 1. The van der Waals surface area contributed by atoms with Gasteiger partial charge in [0.2, 0.25) is 0 Å². The van der Waals surface area contributed by atoms with E-state index in [1.807, 2.05) is 12.2 Å². The summed E-state index contributed by atoms with van der Waals surface area (Å²) in [6, 6.07) is 0. The Morgan fingerprint density at radius 2 is 2.08 bits per heavy atom. The van der Waals surface area contributed by atoms with Crippen LogP contribution >= 0.6 is 0 Å². The highest BCUT2D eigenvalue weighted by atomic mass is 16.5. The molecule has 1 unspecified atom stereocenters. The van der Waals surface area contributed by atoms with Gasteiger partial charge in [0.25, 0.3) is 5.91 Å². The standard InChI is InChI=1S/C21H29N3O2/c1-5-16-8-6-7-11-20(12-9-17(26-4)10-13-20)21(15(2)14-16)18(25)24(3)19(22)23-21/h5-6,8,14,17H,1-2,7,9-13H2,3-4H3,(H2,22,23)/b8-6-,16-14+. The quantitative estimate of drug-likeness (QED) is 0.827. The molecule has 0 aromatic rings. The minimum absolute atomic E-state index is 0.0718. The SMILES string of the molecule is C=CC1=C\C(=C)C2(N=C(N)N(C)C2=O)C2(CC/C=C\1)CCC(OC)CC2. The zero-order chi connectivity index (χ0) is 18.9. The molecule has 3 rings (SSSR count). The van der Waals surface area contributed by atoms with Crippen LogP contribution in [-0.2, 0) is 9.53 Å². The fourth-order valence-electron chi connectivity index (χ4n) is 4.77. The third-order valence-corrected chi connectivity index (χ3v) is 6.37. The number of carbonyl (C=O) groups excluding carboxylic acids is 1. The Labute approximate surface area is 156 Å². The number of rotatable bonds is 2. The van der Waals surface area contributed by atoms with E-state index in [1.165, 1.54) is 4.90 Å². The van der Waals surface area contributed by atoms with Crippen molar-refractivity contribution in [2.75, 3.05) is 14.2 Å². The van der Waals surface area contributed by atoms with Gasteiger partial charge in [0.15, 0.2) is 11.5 Å². The monoisotopic (exact) mass is 355 g/mol. The molecule has 5 nitrogen and oxygen atoms in total. The van der Waals surface area contributed by atoms with Crippen molar-refractivity contribution >= 4 is 11.9 Å². The maximum absolute atomic E-state index is 13.5. The van der Waals surface area contributed by atoms with Gasteiger partial charge in [-0.25, -0.2) is 4.99 Å². The van der Waals surface area contributed by atoms with E-state index in [1.54, 1.807) is 20.2 Å². The van der Waals surface area contributed by atoms with Gasteiger partial charge in [-0.2, -0.15) is 0 Å². The molecule has 0 aromatic heterocycles. The molecule has 1 atom stereocenters. The summed E-state index contributed by atoms with van der Waals surface area (Å²) in [6.45, 7) is 8.18. The van der Waals surface area contributed by atoms with Gasteiger partial charge in [0.05, 0.1) is 6.10 Å².